The molecule has 1 aromatic heterocycles. The number of carbonyl (C=O) groups is 2. The molecule has 35 heavy (non-hydrogen) atoms. The second-order valence-corrected chi connectivity index (χ2v) is 10.1. The largest absolute Gasteiger partial charge is 0.497 e. The molecule has 184 valence electrons. The van der Waals surface area contributed by atoms with E-state index in [2.05, 4.69) is 10.6 Å². The second kappa shape index (κ2) is 10.7. The zero-order chi connectivity index (χ0) is 24.8. The summed E-state index contributed by atoms with van der Waals surface area (Å²) in [5.74, 6) is 0.262. The maximum absolute atomic E-state index is 13.0. The van der Waals surface area contributed by atoms with E-state index >= 15 is 0 Å². The zero-order valence-corrected chi connectivity index (χ0v) is 20.1. The third-order valence-corrected chi connectivity index (χ3v) is 7.87. The Morgan fingerprint density at radius 1 is 1.03 bits per heavy atom. The number of furan rings is 1. The van der Waals surface area contributed by atoms with Crippen molar-refractivity contribution < 1.29 is 27.2 Å². The molecule has 2 aromatic carbocycles. The Bertz CT molecular complexity index is 1260. The molecule has 9 nitrogen and oxygen atoms in total. The Morgan fingerprint density at radius 2 is 1.74 bits per heavy atom. The van der Waals surface area contributed by atoms with Gasteiger partial charge in [-0.05, 0) is 61.4 Å². The summed E-state index contributed by atoms with van der Waals surface area (Å²) < 4.78 is 37.6. The summed E-state index contributed by atoms with van der Waals surface area (Å²) in [5.41, 5.74) is 0.745. The summed E-state index contributed by atoms with van der Waals surface area (Å²) in [6.45, 7) is 0.699. The fraction of sp³-hybridized carbons (Fsp3) is 0.280. The highest BCUT2D eigenvalue weighted by Gasteiger charge is 2.32. The number of nitrogens with one attached hydrogen (secondary N) is 2. The van der Waals surface area contributed by atoms with Crippen LogP contribution >= 0.6 is 0 Å². The lowest BCUT2D eigenvalue weighted by Gasteiger charge is -2.30. The van der Waals surface area contributed by atoms with E-state index in [1.807, 2.05) is 0 Å². The number of benzene rings is 2. The zero-order valence-electron chi connectivity index (χ0n) is 19.3. The van der Waals surface area contributed by atoms with Crippen LogP contribution in [0, 0.1) is 5.92 Å². The van der Waals surface area contributed by atoms with Crippen molar-refractivity contribution in [3.05, 3.63) is 78.3 Å². The monoisotopic (exact) mass is 497 g/mol. The maximum Gasteiger partial charge on any atom is 0.253 e. The molecule has 2 heterocycles. The molecule has 1 aliphatic heterocycles. The van der Waals surface area contributed by atoms with Gasteiger partial charge in [0.2, 0.25) is 15.9 Å². The van der Waals surface area contributed by atoms with Crippen LogP contribution in [0.2, 0.25) is 0 Å². The number of para-hydroxylation sites is 1. The first-order valence-electron chi connectivity index (χ1n) is 11.2. The van der Waals surface area contributed by atoms with Crippen LogP contribution in [0.3, 0.4) is 0 Å². The fourth-order valence-corrected chi connectivity index (χ4v) is 5.43. The standard InChI is InChI=1S/C25H27N3O6S/c1-33-19-8-10-21(11-9-19)35(31,32)28-14-12-18(13-15-28)24(29)27-23-7-3-2-6-22(23)25(30)26-17-20-5-4-16-34-20/h2-11,16,18H,12-15,17H2,1H3,(H,26,30)(H,27,29). The van der Waals surface area contributed by atoms with E-state index in [4.69, 9.17) is 9.15 Å². The molecule has 1 fully saturated rings. The van der Waals surface area contributed by atoms with Gasteiger partial charge in [-0.15, -0.1) is 0 Å². The normalized spacial score (nSPS) is 14.9. The van der Waals surface area contributed by atoms with Crippen LogP contribution in [0.25, 0.3) is 0 Å². The molecule has 0 aliphatic carbocycles. The second-order valence-electron chi connectivity index (χ2n) is 8.15. The first kappa shape index (κ1) is 24.5. The summed E-state index contributed by atoms with van der Waals surface area (Å²) in [4.78, 5) is 25.8. The van der Waals surface area contributed by atoms with E-state index in [1.54, 1.807) is 48.5 Å². The predicted molar refractivity (Wildman–Crippen MR) is 129 cm³/mol. The minimum Gasteiger partial charge on any atom is -0.497 e. The summed E-state index contributed by atoms with van der Waals surface area (Å²) in [6.07, 6.45) is 2.30. The van der Waals surface area contributed by atoms with E-state index < -0.39 is 10.0 Å². The number of hydrogen-bond acceptors (Lipinski definition) is 6. The number of piperidine rings is 1. The van der Waals surface area contributed by atoms with Gasteiger partial charge in [0, 0.05) is 19.0 Å². The molecule has 0 bridgehead atoms. The SMILES string of the molecule is COc1ccc(S(=O)(=O)N2CCC(C(=O)Nc3ccccc3C(=O)NCc3ccco3)CC2)cc1. The average Bonchev–Trinajstić information content (AvgIpc) is 3.41. The van der Waals surface area contributed by atoms with E-state index in [9.17, 15) is 18.0 Å². The summed E-state index contributed by atoms with van der Waals surface area (Å²) in [7, 11) is -2.13. The van der Waals surface area contributed by atoms with E-state index in [-0.39, 0.29) is 42.3 Å². The number of methoxy groups -OCH3 is 1. The molecular formula is C25H27N3O6S. The lowest BCUT2D eigenvalue weighted by atomic mass is 9.97. The number of amides is 2. The molecule has 3 aromatic rings. The van der Waals surface area contributed by atoms with Crippen LogP contribution in [-0.4, -0.2) is 44.7 Å². The molecule has 0 saturated carbocycles. The number of sulfonamides is 1. The van der Waals surface area contributed by atoms with Crippen LogP contribution < -0.4 is 15.4 Å². The van der Waals surface area contributed by atoms with Crippen molar-refractivity contribution in [1.29, 1.82) is 0 Å². The van der Waals surface area contributed by atoms with Gasteiger partial charge in [0.1, 0.15) is 11.5 Å². The van der Waals surface area contributed by atoms with E-state index in [0.717, 1.165) is 0 Å². The lowest BCUT2D eigenvalue weighted by molar-refractivity contribution is -0.120. The Balaban J connectivity index is 1.35. The quantitative estimate of drug-likeness (QED) is 0.493. The summed E-state index contributed by atoms with van der Waals surface area (Å²) >= 11 is 0. The van der Waals surface area contributed by atoms with Crippen molar-refractivity contribution >= 4 is 27.5 Å². The van der Waals surface area contributed by atoms with Gasteiger partial charge in [-0.2, -0.15) is 4.31 Å². The highest BCUT2D eigenvalue weighted by molar-refractivity contribution is 7.89. The lowest BCUT2D eigenvalue weighted by Crippen LogP contribution is -2.41. The predicted octanol–water partition coefficient (Wildman–Crippen LogP) is 3.26. The fourth-order valence-electron chi connectivity index (χ4n) is 3.96. The Labute approximate surface area is 204 Å². The van der Waals surface area contributed by atoms with Crippen molar-refractivity contribution in [3.63, 3.8) is 0 Å². The van der Waals surface area contributed by atoms with Crippen molar-refractivity contribution in [1.82, 2.24) is 9.62 Å². The number of hydrogen-bond donors (Lipinski definition) is 2. The van der Waals surface area contributed by atoms with Crippen LogP contribution in [0.1, 0.15) is 29.0 Å². The molecule has 10 heteroatoms. The molecular weight excluding hydrogens is 470 g/mol. The third kappa shape index (κ3) is 5.72. The van der Waals surface area contributed by atoms with Gasteiger partial charge in [0.25, 0.3) is 5.91 Å². The summed E-state index contributed by atoms with van der Waals surface area (Å²) in [5, 5.41) is 5.62. The van der Waals surface area contributed by atoms with E-state index in [0.29, 0.717) is 35.6 Å². The Morgan fingerprint density at radius 3 is 2.40 bits per heavy atom. The first-order valence-corrected chi connectivity index (χ1v) is 12.7. The minimum atomic E-state index is -3.65. The molecule has 2 N–H and O–H groups in total. The first-order chi connectivity index (χ1) is 16.9. The van der Waals surface area contributed by atoms with Crippen LogP contribution in [0.4, 0.5) is 5.69 Å². The van der Waals surface area contributed by atoms with Crippen LogP contribution in [0.15, 0.2) is 76.2 Å². The molecule has 0 atom stereocenters. The summed E-state index contributed by atoms with van der Waals surface area (Å²) in [6, 6.07) is 16.5. The highest BCUT2D eigenvalue weighted by Crippen LogP contribution is 2.26. The Kier molecular flexibility index (Phi) is 7.52. The number of rotatable bonds is 8. The van der Waals surface area contributed by atoms with Crippen molar-refractivity contribution in [2.24, 2.45) is 5.92 Å². The molecule has 2 amide bonds. The molecule has 0 spiro atoms. The van der Waals surface area contributed by atoms with Gasteiger partial charge in [0.05, 0.1) is 36.1 Å². The number of nitrogens with zero attached hydrogens (tertiary/aromatic N) is 1. The highest BCUT2D eigenvalue weighted by atomic mass is 32.2. The number of ether oxygens (including phenoxy) is 1. The Hall–Kier alpha value is -3.63. The van der Waals surface area contributed by atoms with Crippen molar-refractivity contribution in [2.75, 3.05) is 25.5 Å². The van der Waals surface area contributed by atoms with Gasteiger partial charge >= 0.3 is 0 Å². The number of anilines is 1. The molecule has 4 rings (SSSR count). The van der Waals surface area contributed by atoms with E-state index in [1.165, 1.54) is 29.8 Å². The molecule has 1 aliphatic rings. The topological polar surface area (TPSA) is 118 Å². The van der Waals surface area contributed by atoms with Gasteiger partial charge in [-0.3, -0.25) is 9.59 Å². The molecule has 0 radical (unpaired) electrons. The smallest absolute Gasteiger partial charge is 0.253 e. The minimum absolute atomic E-state index is 0.190. The van der Waals surface area contributed by atoms with Gasteiger partial charge in [-0.25, -0.2) is 8.42 Å². The average molecular weight is 498 g/mol. The molecule has 1 saturated heterocycles. The molecule has 0 unspecified atom stereocenters. The van der Waals surface area contributed by atoms with Crippen LogP contribution in [0.5, 0.6) is 5.75 Å². The van der Waals surface area contributed by atoms with Gasteiger partial charge < -0.3 is 19.8 Å². The van der Waals surface area contributed by atoms with Crippen LogP contribution in [-0.2, 0) is 21.4 Å². The maximum atomic E-state index is 13.0. The van der Waals surface area contributed by atoms with Crippen molar-refractivity contribution in [2.45, 2.75) is 24.3 Å². The van der Waals surface area contributed by atoms with Gasteiger partial charge in [0.15, 0.2) is 0 Å². The third-order valence-electron chi connectivity index (χ3n) is 5.95. The van der Waals surface area contributed by atoms with Gasteiger partial charge in [-0.1, -0.05) is 12.1 Å². The number of carbonyl (C=O) groups excluding carboxylic acids is 2. The van der Waals surface area contributed by atoms with Crippen molar-refractivity contribution in [3.8, 4) is 5.75 Å².